The molecule has 0 spiro atoms. The van der Waals surface area contributed by atoms with Gasteiger partial charge in [-0.3, -0.25) is 28.8 Å². The van der Waals surface area contributed by atoms with Gasteiger partial charge in [0.05, 0.1) is 23.0 Å². The topological polar surface area (TPSA) is 224 Å². The monoisotopic (exact) mass is 750 g/mol. The Morgan fingerprint density at radius 2 is 0.550 bits per heavy atom. The molecule has 0 aliphatic heterocycles. The molecule has 0 aromatic rings. The fourth-order valence-corrected chi connectivity index (χ4v) is 1.73. The molecule has 0 aliphatic carbocycles. The summed E-state index contributed by atoms with van der Waals surface area (Å²) >= 11 is 0. The van der Waals surface area contributed by atoms with Gasteiger partial charge in [0.15, 0.2) is 23.1 Å². The van der Waals surface area contributed by atoms with E-state index >= 15 is 0 Å². The fraction of sp³-hybridized carbons (Fsp3) is 0.462. The molecule has 0 aromatic heterocycles. The number of allylic oxidation sites excluding steroid dienone is 8. The molecule has 0 saturated carbocycles. The van der Waals surface area contributed by atoms with Crippen LogP contribution in [0, 0.1) is 0 Å². The molecule has 0 atom stereocenters. The Morgan fingerprint density at radius 3 is 0.600 bits per heavy atom. The van der Waals surface area contributed by atoms with Crippen LogP contribution in [0.4, 0.5) is 0 Å². The smallest absolute Gasteiger partial charge is 0.303 e. The molecule has 0 unspecified atom stereocenters. The summed E-state index contributed by atoms with van der Waals surface area (Å²) in [5, 5.41) is 49.7. The van der Waals surface area contributed by atoms with Crippen LogP contribution in [0.1, 0.15) is 81.1 Å². The second-order valence-electron chi connectivity index (χ2n) is 7.58. The maximum Gasteiger partial charge on any atom is 0.303 e. The van der Waals surface area contributed by atoms with Crippen molar-refractivity contribution in [3.8, 4) is 0 Å². The molecule has 14 heteroatoms. The zero-order valence-electron chi connectivity index (χ0n) is 24.0. The van der Waals surface area contributed by atoms with Crippen LogP contribution in [0.5, 0.6) is 0 Å². The first-order chi connectivity index (χ1) is 17.1. The number of carbonyl (C=O) groups is 6. The Labute approximate surface area is 261 Å². The van der Waals surface area contributed by atoms with Gasteiger partial charge in [-0.1, -0.05) is 0 Å². The Bertz CT molecular complexity index is 742. The first-order valence-corrected chi connectivity index (χ1v) is 11.1. The predicted molar refractivity (Wildman–Crippen MR) is 142 cm³/mol. The van der Waals surface area contributed by atoms with Gasteiger partial charge in [0, 0.05) is 76.1 Å². The third kappa shape index (κ3) is 101. The van der Waals surface area contributed by atoms with E-state index in [9.17, 15) is 28.8 Å². The molecule has 0 radical (unpaired) electrons. The minimum absolute atomic E-state index is 0. The van der Waals surface area contributed by atoms with Gasteiger partial charge in [0.1, 0.15) is 0 Å². The van der Waals surface area contributed by atoms with Gasteiger partial charge < -0.3 is 30.6 Å². The normalized spacial score (nSPS) is 10.3. The van der Waals surface area contributed by atoms with E-state index in [1.807, 2.05) is 0 Å². The Kier molecular flexibility index (Phi) is 48.0. The third-order valence-electron chi connectivity index (χ3n) is 2.68. The van der Waals surface area contributed by atoms with Crippen molar-refractivity contribution in [3.05, 3.63) is 47.3 Å². The molecular formula is C26H42O12Ru2. The number of unbranched alkanes of at least 4 members (excludes halogenated alkanes) is 1. The molecule has 234 valence electrons. The summed E-state index contributed by atoms with van der Waals surface area (Å²) in [5.74, 6) is -1.99. The molecule has 0 fully saturated rings. The van der Waals surface area contributed by atoms with Crippen molar-refractivity contribution in [1.29, 1.82) is 0 Å². The van der Waals surface area contributed by atoms with E-state index in [1.165, 1.54) is 79.7 Å². The largest absolute Gasteiger partial charge is 0.512 e. The Hall–Kier alpha value is -2.97. The first kappa shape index (κ1) is 53.3. The number of carboxylic acid groups (broad SMARTS) is 2. The van der Waals surface area contributed by atoms with Crippen molar-refractivity contribution in [2.24, 2.45) is 0 Å². The SMILES string of the molecule is CC(=O)/C=C(/C)O.CC(=O)/C=C(/C)O.CC(=O)/C=C(/C)O.CC(=O)/C=C(/C)O.O=C(O)CCCCC(=O)O.[Ru].[Ru]. The number of aliphatic hydroxyl groups excluding tert-OH is 4. The predicted octanol–water partition coefficient (Wildman–Crippen LogP) is 4.86. The van der Waals surface area contributed by atoms with Gasteiger partial charge in [-0.2, -0.15) is 0 Å². The second kappa shape index (κ2) is 36.0. The van der Waals surface area contributed by atoms with Crippen molar-refractivity contribution < 1.29 is 98.4 Å². The number of carboxylic acids is 2. The van der Waals surface area contributed by atoms with Crippen LogP contribution < -0.4 is 0 Å². The van der Waals surface area contributed by atoms with Gasteiger partial charge in [-0.15, -0.1) is 0 Å². The maximum atomic E-state index is 10.0. The Morgan fingerprint density at radius 1 is 0.400 bits per heavy atom. The average Bonchev–Trinajstić information content (AvgIpc) is 2.62. The number of ketones is 4. The van der Waals surface area contributed by atoms with E-state index < -0.39 is 11.9 Å². The second-order valence-corrected chi connectivity index (χ2v) is 7.58. The number of carbonyl (C=O) groups excluding carboxylic acids is 4. The van der Waals surface area contributed by atoms with Crippen LogP contribution in [0.15, 0.2) is 47.3 Å². The van der Waals surface area contributed by atoms with Crippen molar-refractivity contribution in [3.63, 3.8) is 0 Å². The molecule has 6 N–H and O–H groups in total. The minimum Gasteiger partial charge on any atom is -0.512 e. The number of aliphatic hydroxyl groups is 4. The van der Waals surface area contributed by atoms with E-state index in [1.54, 1.807) is 0 Å². The fourth-order valence-electron chi connectivity index (χ4n) is 1.73. The van der Waals surface area contributed by atoms with E-state index in [0.717, 1.165) is 0 Å². The van der Waals surface area contributed by atoms with Gasteiger partial charge in [-0.25, -0.2) is 0 Å². The summed E-state index contributed by atoms with van der Waals surface area (Å²) < 4.78 is 0. The van der Waals surface area contributed by atoms with Crippen LogP contribution in [0.25, 0.3) is 0 Å². The average molecular weight is 749 g/mol. The van der Waals surface area contributed by atoms with Crippen LogP contribution in [0.2, 0.25) is 0 Å². The zero-order chi connectivity index (χ0) is 31.4. The summed E-state index contributed by atoms with van der Waals surface area (Å²) in [4.78, 5) is 59.9. The number of hydrogen-bond donors (Lipinski definition) is 6. The quantitative estimate of drug-likeness (QED) is 0.0805. The van der Waals surface area contributed by atoms with Crippen LogP contribution in [0.3, 0.4) is 0 Å². The summed E-state index contributed by atoms with van der Waals surface area (Å²) in [6.45, 7) is 11.4. The van der Waals surface area contributed by atoms with Gasteiger partial charge in [-0.05, 0) is 68.2 Å². The number of hydrogen-bond acceptors (Lipinski definition) is 10. The number of rotatable bonds is 9. The third-order valence-corrected chi connectivity index (χ3v) is 2.68. The zero-order valence-corrected chi connectivity index (χ0v) is 27.5. The standard InChI is InChI=1S/C6H10O4.4C5H8O2.2Ru/c7-5(8)3-1-2-4-6(9)10;4*1-4(6)3-5(2)7;;/h1-4H2,(H,7,8)(H,9,10);4*3,6H,1-2H3;;/b;4*4-3-;;. The van der Waals surface area contributed by atoms with E-state index in [4.69, 9.17) is 30.6 Å². The summed E-state index contributed by atoms with van der Waals surface area (Å²) in [5.41, 5.74) is 0. The van der Waals surface area contributed by atoms with Crippen molar-refractivity contribution in [2.45, 2.75) is 81.1 Å². The van der Waals surface area contributed by atoms with Gasteiger partial charge in [0.25, 0.3) is 0 Å². The Balaban J connectivity index is -0.0000000678. The van der Waals surface area contributed by atoms with Gasteiger partial charge in [0.2, 0.25) is 0 Å². The molecule has 0 heterocycles. The van der Waals surface area contributed by atoms with Crippen molar-refractivity contribution in [2.75, 3.05) is 0 Å². The van der Waals surface area contributed by atoms with Crippen molar-refractivity contribution in [1.82, 2.24) is 0 Å². The van der Waals surface area contributed by atoms with Crippen LogP contribution in [-0.2, 0) is 67.7 Å². The van der Waals surface area contributed by atoms with Crippen molar-refractivity contribution >= 4 is 35.1 Å². The summed E-state index contributed by atoms with van der Waals surface area (Å²) in [6, 6.07) is 0. The van der Waals surface area contributed by atoms with Crippen LogP contribution in [-0.4, -0.2) is 65.7 Å². The first-order valence-electron chi connectivity index (χ1n) is 11.1. The molecular weight excluding hydrogens is 706 g/mol. The van der Waals surface area contributed by atoms with E-state index in [-0.39, 0.29) is 98.0 Å². The molecule has 0 aromatic carbocycles. The molecule has 0 rings (SSSR count). The maximum absolute atomic E-state index is 10.0. The number of aliphatic carboxylic acids is 2. The molecule has 40 heavy (non-hydrogen) atoms. The molecule has 0 aliphatic rings. The van der Waals surface area contributed by atoms with Gasteiger partial charge >= 0.3 is 11.9 Å². The summed E-state index contributed by atoms with van der Waals surface area (Å²) in [7, 11) is 0. The molecule has 0 saturated heterocycles. The molecule has 12 nitrogen and oxygen atoms in total. The minimum atomic E-state index is -0.870. The van der Waals surface area contributed by atoms with Crippen LogP contribution >= 0.6 is 0 Å². The molecule has 0 bridgehead atoms. The van der Waals surface area contributed by atoms with E-state index in [0.29, 0.717) is 12.8 Å². The van der Waals surface area contributed by atoms with E-state index in [2.05, 4.69) is 0 Å². The summed E-state index contributed by atoms with van der Waals surface area (Å²) in [6.07, 6.45) is 5.68. The molecule has 0 amide bonds.